The van der Waals surface area contributed by atoms with Gasteiger partial charge >= 0.3 is 0 Å². The van der Waals surface area contributed by atoms with Crippen LogP contribution in [0, 0.1) is 0 Å². The number of aromatic nitrogens is 2. The predicted molar refractivity (Wildman–Crippen MR) is 80.6 cm³/mol. The van der Waals surface area contributed by atoms with Gasteiger partial charge < -0.3 is 14.7 Å². The molecule has 0 amide bonds. The van der Waals surface area contributed by atoms with Crippen LogP contribution in [-0.2, 0) is 4.74 Å². The van der Waals surface area contributed by atoms with Crippen LogP contribution in [0.25, 0.3) is 10.9 Å². The van der Waals surface area contributed by atoms with Gasteiger partial charge in [-0.05, 0) is 25.0 Å². The number of anilines is 1. The van der Waals surface area contributed by atoms with Crippen molar-refractivity contribution in [3.8, 4) is 0 Å². The minimum absolute atomic E-state index is 0.0293. The third-order valence-corrected chi connectivity index (χ3v) is 3.72. The Labute approximate surface area is 122 Å². The second kappa shape index (κ2) is 6.24. The van der Waals surface area contributed by atoms with Gasteiger partial charge in [0.15, 0.2) is 0 Å². The van der Waals surface area contributed by atoms with E-state index in [-0.39, 0.29) is 18.3 Å². The maximum Gasteiger partial charge on any atom is 0.260 e. The van der Waals surface area contributed by atoms with Gasteiger partial charge in [-0.2, -0.15) is 0 Å². The summed E-state index contributed by atoms with van der Waals surface area (Å²) in [6, 6.07) is 7.33. The number of hydrogen-bond donors (Lipinski definition) is 2. The Bertz CT molecular complexity index is 671. The molecule has 6 heteroatoms. The number of rotatable bonds is 4. The highest BCUT2D eigenvalue weighted by atomic mass is 16.5. The maximum absolute atomic E-state index is 12.1. The van der Waals surface area contributed by atoms with E-state index in [9.17, 15) is 4.79 Å². The summed E-state index contributed by atoms with van der Waals surface area (Å²) >= 11 is 0. The van der Waals surface area contributed by atoms with Gasteiger partial charge in [0, 0.05) is 13.1 Å². The molecule has 1 saturated heterocycles. The molecule has 2 heterocycles. The largest absolute Gasteiger partial charge is 0.394 e. The molecule has 1 fully saturated rings. The molecule has 0 radical (unpaired) electrons. The van der Waals surface area contributed by atoms with Crippen molar-refractivity contribution in [2.45, 2.75) is 18.9 Å². The lowest BCUT2D eigenvalue weighted by Gasteiger charge is -2.32. The summed E-state index contributed by atoms with van der Waals surface area (Å²) in [5.41, 5.74) is 0.587. The predicted octanol–water partition coefficient (Wildman–Crippen LogP) is 0.901. The van der Waals surface area contributed by atoms with E-state index in [1.54, 1.807) is 6.07 Å². The summed E-state index contributed by atoms with van der Waals surface area (Å²) in [5.74, 6) is 0.594. The van der Waals surface area contributed by atoms with Gasteiger partial charge in [-0.3, -0.25) is 9.78 Å². The van der Waals surface area contributed by atoms with Crippen LogP contribution in [0.3, 0.4) is 0 Å². The van der Waals surface area contributed by atoms with Crippen molar-refractivity contribution in [3.05, 3.63) is 34.6 Å². The summed E-state index contributed by atoms with van der Waals surface area (Å²) in [5, 5.41) is 9.44. The van der Waals surface area contributed by atoms with E-state index in [0.29, 0.717) is 30.0 Å². The summed E-state index contributed by atoms with van der Waals surface area (Å²) < 4.78 is 5.59. The molecule has 0 spiro atoms. The van der Waals surface area contributed by atoms with E-state index in [1.165, 1.54) is 0 Å². The smallest absolute Gasteiger partial charge is 0.260 e. The molecule has 1 unspecified atom stereocenters. The third-order valence-electron chi connectivity index (χ3n) is 3.72. The molecule has 0 bridgehead atoms. The fraction of sp³-hybridized carbons (Fsp3) is 0.467. The Hall–Kier alpha value is -1.92. The summed E-state index contributed by atoms with van der Waals surface area (Å²) in [6.45, 7) is 1.91. The number of ether oxygens (including phenoxy) is 1. The first-order valence-corrected chi connectivity index (χ1v) is 7.24. The highest BCUT2D eigenvalue weighted by molar-refractivity contribution is 5.78. The number of para-hydroxylation sites is 1. The highest BCUT2D eigenvalue weighted by Crippen LogP contribution is 2.18. The minimum Gasteiger partial charge on any atom is -0.394 e. The Morgan fingerprint density at radius 2 is 2.29 bits per heavy atom. The van der Waals surface area contributed by atoms with E-state index in [2.05, 4.69) is 9.97 Å². The lowest BCUT2D eigenvalue weighted by Crippen LogP contribution is -2.41. The zero-order valence-electron chi connectivity index (χ0n) is 11.8. The van der Waals surface area contributed by atoms with Crippen LogP contribution in [0.15, 0.2) is 29.1 Å². The first-order chi connectivity index (χ1) is 10.3. The van der Waals surface area contributed by atoms with Crippen LogP contribution >= 0.6 is 0 Å². The normalized spacial score (nSPS) is 19.1. The van der Waals surface area contributed by atoms with Crippen molar-refractivity contribution in [2.24, 2.45) is 0 Å². The molecule has 1 aliphatic rings. The van der Waals surface area contributed by atoms with E-state index >= 15 is 0 Å². The number of nitrogens with one attached hydrogen (secondary N) is 1. The second-order valence-electron chi connectivity index (χ2n) is 5.21. The number of hydrogen-bond acceptors (Lipinski definition) is 5. The molecule has 21 heavy (non-hydrogen) atoms. The van der Waals surface area contributed by atoms with Crippen LogP contribution in [0.2, 0.25) is 0 Å². The van der Waals surface area contributed by atoms with Crippen molar-refractivity contribution in [1.82, 2.24) is 9.97 Å². The molecule has 6 nitrogen and oxygen atoms in total. The lowest BCUT2D eigenvalue weighted by atomic mass is 10.1. The fourth-order valence-corrected chi connectivity index (χ4v) is 2.71. The van der Waals surface area contributed by atoms with E-state index < -0.39 is 0 Å². The van der Waals surface area contributed by atoms with Crippen molar-refractivity contribution in [1.29, 1.82) is 0 Å². The van der Waals surface area contributed by atoms with Crippen molar-refractivity contribution < 1.29 is 9.84 Å². The van der Waals surface area contributed by atoms with Gasteiger partial charge in [0.25, 0.3) is 5.56 Å². The fourth-order valence-electron chi connectivity index (χ4n) is 2.71. The number of nitrogens with zero attached hydrogens (tertiary/aromatic N) is 2. The van der Waals surface area contributed by atoms with Gasteiger partial charge in [-0.15, -0.1) is 0 Å². The molecule has 2 aromatic rings. The average Bonchev–Trinajstić information content (AvgIpc) is 2.53. The van der Waals surface area contributed by atoms with Crippen LogP contribution < -0.4 is 10.5 Å². The van der Waals surface area contributed by atoms with Crippen LogP contribution in [0.4, 0.5) is 5.95 Å². The molecule has 3 rings (SSSR count). The molecule has 0 saturated carbocycles. The van der Waals surface area contributed by atoms with Crippen molar-refractivity contribution in [3.63, 3.8) is 0 Å². The minimum atomic E-state index is -0.117. The molecule has 1 aromatic heterocycles. The number of fused-ring (bicyclic) bond motifs is 1. The zero-order chi connectivity index (χ0) is 14.7. The van der Waals surface area contributed by atoms with Gasteiger partial charge in [0.1, 0.15) is 0 Å². The van der Waals surface area contributed by atoms with E-state index in [1.807, 2.05) is 23.1 Å². The van der Waals surface area contributed by atoms with Crippen LogP contribution in [0.5, 0.6) is 0 Å². The Morgan fingerprint density at radius 3 is 3.14 bits per heavy atom. The first-order valence-electron chi connectivity index (χ1n) is 7.24. The van der Waals surface area contributed by atoms with Crippen LogP contribution in [-0.4, -0.2) is 47.5 Å². The van der Waals surface area contributed by atoms with E-state index in [0.717, 1.165) is 19.4 Å². The molecule has 0 aliphatic carbocycles. The number of aromatic amines is 1. The van der Waals surface area contributed by atoms with Gasteiger partial charge in [0.2, 0.25) is 5.95 Å². The molecule has 112 valence electrons. The Morgan fingerprint density at radius 1 is 1.43 bits per heavy atom. The zero-order valence-corrected chi connectivity index (χ0v) is 11.8. The van der Waals surface area contributed by atoms with Crippen LogP contribution in [0.1, 0.15) is 12.8 Å². The molecule has 2 N–H and O–H groups in total. The Balaban J connectivity index is 1.84. The number of aliphatic hydroxyl groups is 1. The monoisotopic (exact) mass is 289 g/mol. The molecular weight excluding hydrogens is 270 g/mol. The van der Waals surface area contributed by atoms with Gasteiger partial charge in [0.05, 0.1) is 30.2 Å². The number of benzene rings is 1. The van der Waals surface area contributed by atoms with Gasteiger partial charge in [-0.25, -0.2) is 4.98 Å². The van der Waals surface area contributed by atoms with Gasteiger partial charge in [-0.1, -0.05) is 12.1 Å². The van der Waals surface area contributed by atoms with E-state index in [4.69, 9.17) is 9.84 Å². The molecule has 1 aromatic carbocycles. The second-order valence-corrected chi connectivity index (χ2v) is 5.21. The SMILES string of the molecule is O=c1[nH]c(N2CCCC(OCCO)C2)nc2ccccc12. The Kier molecular flexibility index (Phi) is 4.17. The highest BCUT2D eigenvalue weighted by Gasteiger charge is 2.22. The number of piperidine rings is 1. The summed E-state index contributed by atoms with van der Waals surface area (Å²) in [7, 11) is 0. The first kappa shape index (κ1) is 14.0. The lowest BCUT2D eigenvalue weighted by molar-refractivity contribution is 0.0212. The molecular formula is C15H19N3O3. The topological polar surface area (TPSA) is 78.5 Å². The average molecular weight is 289 g/mol. The number of H-pyrrole nitrogens is 1. The summed E-state index contributed by atoms with van der Waals surface area (Å²) in [4.78, 5) is 21.5. The van der Waals surface area contributed by atoms with Crippen molar-refractivity contribution in [2.75, 3.05) is 31.2 Å². The number of aliphatic hydroxyl groups excluding tert-OH is 1. The molecule has 1 atom stereocenters. The maximum atomic E-state index is 12.1. The standard InChI is InChI=1S/C15H19N3O3/c19-8-9-21-11-4-3-7-18(10-11)15-16-13-6-2-1-5-12(13)14(20)17-15/h1-2,5-6,11,19H,3-4,7-10H2,(H,16,17,20). The molecule has 1 aliphatic heterocycles. The quantitative estimate of drug-likeness (QED) is 0.874. The summed E-state index contributed by atoms with van der Waals surface area (Å²) in [6.07, 6.45) is 2.02. The third kappa shape index (κ3) is 3.06. The van der Waals surface area contributed by atoms with Crippen molar-refractivity contribution >= 4 is 16.9 Å².